The van der Waals surface area contributed by atoms with E-state index in [4.69, 9.17) is 6.58 Å². The van der Waals surface area contributed by atoms with E-state index in [1.54, 1.807) is 0 Å². The summed E-state index contributed by atoms with van der Waals surface area (Å²) in [7, 11) is 0. The second kappa shape index (κ2) is 2.26. The molecule has 52 valence electrons. The molecular weight excluding hydrogens is 132 g/mol. The number of rotatable bonds is 0. The van der Waals surface area contributed by atoms with Crippen LogP contribution in [-0.2, 0) is 0 Å². The van der Waals surface area contributed by atoms with E-state index in [0.717, 1.165) is 5.57 Å². The van der Waals surface area contributed by atoms with Crippen molar-refractivity contribution in [3.63, 3.8) is 0 Å². The van der Waals surface area contributed by atoms with Gasteiger partial charge in [-0.05, 0) is 18.2 Å². The maximum absolute atomic E-state index is 5.63. The fraction of sp³-hybridized carbons (Fsp3) is 0. The molecule has 0 heterocycles. The molecular formula is C11H8. The summed E-state index contributed by atoms with van der Waals surface area (Å²) in [4.78, 5) is 0. The lowest BCUT2D eigenvalue weighted by molar-refractivity contribution is 1.54. The molecule has 0 N–H and O–H groups in total. The number of fused-ring (bicyclic) bond motifs is 1. The minimum Gasteiger partial charge on any atom is -0.144 e. The molecule has 11 heavy (non-hydrogen) atoms. The third kappa shape index (κ3) is 1.04. The highest BCUT2D eigenvalue weighted by Gasteiger charge is 2.05. The highest BCUT2D eigenvalue weighted by atomic mass is 14.1. The van der Waals surface area contributed by atoms with Gasteiger partial charge in [0.2, 0.25) is 0 Å². The van der Waals surface area contributed by atoms with E-state index in [-0.39, 0.29) is 0 Å². The van der Waals surface area contributed by atoms with Crippen LogP contribution in [0.5, 0.6) is 0 Å². The van der Waals surface area contributed by atoms with Gasteiger partial charge in [-0.2, -0.15) is 0 Å². The predicted octanol–water partition coefficient (Wildman–Crippen LogP) is 2.54. The van der Waals surface area contributed by atoms with Crippen molar-refractivity contribution >= 4 is 0 Å². The standard InChI is InChI=1S/C11H8/c1-9-7-10-5-3-2-4-6-11(10)8-9/h1-8H. The van der Waals surface area contributed by atoms with Crippen molar-refractivity contribution in [3.05, 3.63) is 66.2 Å². The van der Waals surface area contributed by atoms with E-state index in [0.29, 0.717) is 0 Å². The Labute approximate surface area is 66.9 Å². The Morgan fingerprint density at radius 3 is 3.00 bits per heavy atom. The molecule has 2 rings (SSSR count). The van der Waals surface area contributed by atoms with Gasteiger partial charge in [-0.1, -0.05) is 12.2 Å². The Bertz CT molecular complexity index is 309. The van der Waals surface area contributed by atoms with Crippen molar-refractivity contribution in [1.29, 1.82) is 0 Å². The van der Waals surface area contributed by atoms with Crippen LogP contribution in [0.1, 0.15) is 0 Å². The summed E-state index contributed by atoms with van der Waals surface area (Å²) in [5.41, 5.74) is 3.24. The Morgan fingerprint density at radius 1 is 1.18 bits per heavy atom. The van der Waals surface area contributed by atoms with E-state index < -0.39 is 0 Å². The van der Waals surface area contributed by atoms with Crippen LogP contribution in [0.2, 0.25) is 0 Å². The number of allylic oxidation sites excluding steroid dienone is 9. The van der Waals surface area contributed by atoms with Crippen LogP contribution >= 0.6 is 0 Å². The van der Waals surface area contributed by atoms with Gasteiger partial charge >= 0.3 is 0 Å². The fourth-order valence-electron chi connectivity index (χ4n) is 1.24. The molecule has 0 unspecified atom stereocenters. The molecule has 0 saturated heterocycles. The van der Waals surface area contributed by atoms with Crippen LogP contribution in [0.3, 0.4) is 0 Å². The van der Waals surface area contributed by atoms with Crippen molar-refractivity contribution in [2.75, 3.05) is 0 Å². The molecule has 0 bridgehead atoms. The zero-order chi connectivity index (χ0) is 7.68. The predicted molar refractivity (Wildman–Crippen MR) is 46.6 cm³/mol. The van der Waals surface area contributed by atoms with Crippen LogP contribution in [0.4, 0.5) is 0 Å². The topological polar surface area (TPSA) is 0 Å². The Kier molecular flexibility index (Phi) is 1.28. The largest absolute Gasteiger partial charge is 0.144 e. The maximum atomic E-state index is 5.63. The van der Waals surface area contributed by atoms with Gasteiger partial charge < -0.3 is 0 Å². The lowest BCUT2D eigenvalue weighted by Gasteiger charge is -2.02. The van der Waals surface area contributed by atoms with Crippen LogP contribution in [0.15, 0.2) is 53.2 Å². The van der Waals surface area contributed by atoms with Gasteiger partial charge in [0.1, 0.15) is 0 Å². The second-order valence-electron chi connectivity index (χ2n) is 2.61. The molecule has 0 aromatic rings. The molecule has 2 aliphatic carbocycles. The highest BCUT2D eigenvalue weighted by Crippen LogP contribution is 2.26. The summed E-state index contributed by atoms with van der Waals surface area (Å²) in [6.45, 7) is 5.63. The molecule has 0 radical (unpaired) electrons. The molecule has 0 spiro atoms. The zero-order valence-electron chi connectivity index (χ0n) is 6.12. The molecule has 0 nitrogen and oxygen atoms in total. The molecule has 0 aliphatic heterocycles. The molecule has 0 atom stereocenters. The lowest BCUT2D eigenvalue weighted by Crippen LogP contribution is -1.78. The summed E-state index contributed by atoms with van der Waals surface area (Å²) in [6, 6.07) is 0. The van der Waals surface area contributed by atoms with Crippen LogP contribution in [0.25, 0.3) is 0 Å². The third-order valence-electron chi connectivity index (χ3n) is 1.75. The van der Waals surface area contributed by atoms with Gasteiger partial charge in [0.25, 0.3) is 0 Å². The zero-order valence-corrected chi connectivity index (χ0v) is 6.12. The monoisotopic (exact) mass is 140 g/mol. The van der Waals surface area contributed by atoms with Crippen LogP contribution < -0.4 is 0 Å². The summed E-state index contributed by atoms with van der Waals surface area (Å²) in [5.74, 6) is 0. The summed E-state index contributed by atoms with van der Waals surface area (Å²) < 4.78 is 0. The van der Waals surface area contributed by atoms with Crippen molar-refractivity contribution in [2.45, 2.75) is 0 Å². The third-order valence-corrected chi connectivity index (χ3v) is 1.75. The first-order chi connectivity index (χ1) is 5.36. The van der Waals surface area contributed by atoms with E-state index in [2.05, 4.69) is 12.5 Å². The molecule has 0 aromatic heterocycles. The van der Waals surface area contributed by atoms with Crippen molar-refractivity contribution in [1.82, 2.24) is 0 Å². The molecule has 0 saturated carbocycles. The highest BCUT2D eigenvalue weighted by molar-refractivity contribution is 5.60. The molecule has 0 fully saturated rings. The minimum atomic E-state index is 0.839. The summed E-state index contributed by atoms with van der Waals surface area (Å²) >= 11 is 0. The molecule has 2 aliphatic rings. The lowest BCUT2D eigenvalue weighted by atomic mass is 10.1. The molecule has 0 amide bonds. The quantitative estimate of drug-likeness (QED) is 0.453. The van der Waals surface area contributed by atoms with Gasteiger partial charge in [0.15, 0.2) is 0 Å². The normalized spacial score (nSPS) is 20.1. The first-order valence-corrected chi connectivity index (χ1v) is 3.60. The van der Waals surface area contributed by atoms with E-state index in [1.807, 2.05) is 30.4 Å². The number of hydrogen-bond donors (Lipinski definition) is 0. The summed E-state index contributed by atoms with van der Waals surface area (Å²) in [6.07, 6.45) is 14.1. The maximum Gasteiger partial charge on any atom is 0.0793 e. The van der Waals surface area contributed by atoms with Crippen molar-refractivity contribution in [2.24, 2.45) is 0 Å². The smallest absolute Gasteiger partial charge is 0.0793 e. The minimum absolute atomic E-state index is 0.839. The van der Waals surface area contributed by atoms with E-state index in [9.17, 15) is 0 Å². The average molecular weight is 140 g/mol. The van der Waals surface area contributed by atoms with Crippen LogP contribution in [0, 0.1) is 13.0 Å². The summed E-state index contributed by atoms with van der Waals surface area (Å²) in [5, 5.41) is 0. The fourth-order valence-corrected chi connectivity index (χ4v) is 1.24. The van der Waals surface area contributed by atoms with Crippen molar-refractivity contribution in [3.8, 4) is 0 Å². The van der Waals surface area contributed by atoms with E-state index in [1.165, 1.54) is 11.1 Å². The SMILES string of the molecule is [CH+]=C1C=C2C=CC=C[CH-]C2=C1. The van der Waals surface area contributed by atoms with Crippen LogP contribution in [-0.4, -0.2) is 0 Å². The first-order valence-electron chi connectivity index (χ1n) is 3.60. The Hall–Kier alpha value is -1.52. The molecule has 0 aromatic carbocycles. The van der Waals surface area contributed by atoms with Gasteiger partial charge in [0.05, 0.1) is 5.57 Å². The van der Waals surface area contributed by atoms with Gasteiger partial charge in [-0.15, -0.1) is 30.2 Å². The first kappa shape index (κ1) is 6.21. The Morgan fingerprint density at radius 2 is 2.09 bits per heavy atom. The molecule has 0 heteroatoms. The van der Waals surface area contributed by atoms with E-state index >= 15 is 0 Å². The Balaban J connectivity index is 2.43. The van der Waals surface area contributed by atoms with Gasteiger partial charge in [-0.3, -0.25) is 0 Å². The second-order valence-corrected chi connectivity index (χ2v) is 2.61. The van der Waals surface area contributed by atoms with Gasteiger partial charge in [0, 0.05) is 0 Å². The van der Waals surface area contributed by atoms with Crippen molar-refractivity contribution < 1.29 is 0 Å². The number of hydrogen-bond acceptors (Lipinski definition) is 0. The average Bonchev–Trinajstić information content (AvgIpc) is 2.17. The van der Waals surface area contributed by atoms with Gasteiger partial charge in [-0.25, -0.2) is 0 Å².